The van der Waals surface area contributed by atoms with Crippen molar-refractivity contribution >= 4 is 17.7 Å². The van der Waals surface area contributed by atoms with Crippen molar-refractivity contribution in [2.75, 3.05) is 6.26 Å². The lowest BCUT2D eigenvalue weighted by molar-refractivity contribution is 0.0935. The Kier molecular flexibility index (Phi) is 5.02. The van der Waals surface area contributed by atoms with E-state index in [1.807, 2.05) is 37.4 Å². The molecule has 2 nitrogen and oxygen atoms in total. The number of rotatable bonds is 4. The average Bonchev–Trinajstić information content (AvgIpc) is 2.50. The van der Waals surface area contributed by atoms with Crippen LogP contribution in [0.5, 0.6) is 0 Å². The zero-order chi connectivity index (χ0) is 15.4. The fourth-order valence-electron chi connectivity index (χ4n) is 2.07. The fraction of sp³-hybridized carbons (Fsp3) is 0.235. The van der Waals surface area contributed by atoms with E-state index >= 15 is 0 Å². The third kappa shape index (κ3) is 3.64. The Hall–Kier alpha value is -1.81. The first kappa shape index (κ1) is 15.6. The standard InChI is InChI=1S/C17H18FNOS/c1-11-5-4-6-15(16(11)18)17(20)19-12(2)13-7-9-14(21-3)10-8-13/h4-10,12H,1-3H3,(H,19,20). The lowest BCUT2D eigenvalue weighted by atomic mass is 10.1. The topological polar surface area (TPSA) is 29.1 Å². The van der Waals surface area contributed by atoms with Gasteiger partial charge in [-0.2, -0.15) is 0 Å². The molecular weight excluding hydrogens is 285 g/mol. The van der Waals surface area contributed by atoms with Gasteiger partial charge < -0.3 is 5.32 Å². The van der Waals surface area contributed by atoms with Crippen LogP contribution >= 0.6 is 11.8 Å². The number of hydrogen-bond donors (Lipinski definition) is 1. The highest BCUT2D eigenvalue weighted by Crippen LogP contribution is 2.20. The van der Waals surface area contributed by atoms with Gasteiger partial charge in [-0.3, -0.25) is 4.79 Å². The molecule has 0 aliphatic heterocycles. The van der Waals surface area contributed by atoms with Gasteiger partial charge in [-0.25, -0.2) is 4.39 Å². The molecule has 0 saturated carbocycles. The van der Waals surface area contributed by atoms with Gasteiger partial charge in [0.15, 0.2) is 0 Å². The molecule has 0 bridgehead atoms. The molecule has 0 heterocycles. The first-order valence-corrected chi connectivity index (χ1v) is 7.95. The highest BCUT2D eigenvalue weighted by Gasteiger charge is 2.16. The van der Waals surface area contributed by atoms with Crippen molar-refractivity contribution in [2.45, 2.75) is 24.8 Å². The Balaban J connectivity index is 2.12. The van der Waals surface area contributed by atoms with Crippen molar-refractivity contribution in [3.05, 3.63) is 65.0 Å². The molecule has 0 aromatic heterocycles. The molecule has 0 saturated heterocycles. The first-order valence-electron chi connectivity index (χ1n) is 6.73. The lowest BCUT2D eigenvalue weighted by Gasteiger charge is -2.15. The van der Waals surface area contributed by atoms with Crippen molar-refractivity contribution in [2.24, 2.45) is 0 Å². The van der Waals surface area contributed by atoms with Crippen LogP contribution in [-0.2, 0) is 0 Å². The summed E-state index contributed by atoms with van der Waals surface area (Å²) in [5.41, 5.74) is 1.55. The van der Waals surface area contributed by atoms with Crippen LogP contribution in [-0.4, -0.2) is 12.2 Å². The zero-order valence-electron chi connectivity index (χ0n) is 12.3. The van der Waals surface area contributed by atoms with E-state index in [4.69, 9.17) is 0 Å². The Bertz CT molecular complexity index is 640. The zero-order valence-corrected chi connectivity index (χ0v) is 13.1. The molecule has 1 atom stereocenters. The number of carbonyl (C=O) groups excluding carboxylic acids is 1. The summed E-state index contributed by atoms with van der Waals surface area (Å²) in [6.07, 6.45) is 2.01. The predicted octanol–water partition coefficient (Wildman–Crippen LogP) is 4.35. The number of nitrogens with one attached hydrogen (secondary N) is 1. The maximum absolute atomic E-state index is 13.9. The number of thioether (sulfide) groups is 1. The van der Waals surface area contributed by atoms with E-state index in [9.17, 15) is 9.18 Å². The van der Waals surface area contributed by atoms with E-state index in [2.05, 4.69) is 5.32 Å². The number of halogens is 1. The van der Waals surface area contributed by atoms with Crippen molar-refractivity contribution in [1.29, 1.82) is 0 Å². The molecule has 0 fully saturated rings. The van der Waals surface area contributed by atoms with Crippen molar-refractivity contribution in [1.82, 2.24) is 5.32 Å². The van der Waals surface area contributed by atoms with Crippen molar-refractivity contribution in [3.63, 3.8) is 0 Å². The maximum atomic E-state index is 13.9. The van der Waals surface area contributed by atoms with E-state index in [-0.39, 0.29) is 11.6 Å². The van der Waals surface area contributed by atoms with Crippen LogP contribution in [0, 0.1) is 12.7 Å². The second-order valence-corrected chi connectivity index (χ2v) is 5.78. The summed E-state index contributed by atoms with van der Waals surface area (Å²) in [4.78, 5) is 13.3. The summed E-state index contributed by atoms with van der Waals surface area (Å²) in [5.74, 6) is -0.849. The number of hydrogen-bond acceptors (Lipinski definition) is 2. The minimum Gasteiger partial charge on any atom is -0.345 e. The van der Waals surface area contributed by atoms with Crippen LogP contribution in [0.2, 0.25) is 0 Å². The molecule has 110 valence electrons. The SMILES string of the molecule is CSc1ccc(C(C)NC(=O)c2cccc(C)c2F)cc1. The van der Waals surface area contributed by atoms with Gasteiger partial charge in [0.1, 0.15) is 5.82 Å². The Labute approximate surface area is 128 Å². The number of carbonyl (C=O) groups is 1. The third-order valence-electron chi connectivity index (χ3n) is 3.40. The molecule has 2 aromatic rings. The highest BCUT2D eigenvalue weighted by atomic mass is 32.2. The molecule has 0 spiro atoms. The lowest BCUT2D eigenvalue weighted by Crippen LogP contribution is -2.27. The molecule has 0 aliphatic rings. The minimum absolute atomic E-state index is 0.0857. The molecule has 0 aliphatic carbocycles. The highest BCUT2D eigenvalue weighted by molar-refractivity contribution is 7.98. The number of aryl methyl sites for hydroxylation is 1. The van der Waals surface area contributed by atoms with Gasteiger partial charge in [0.25, 0.3) is 5.91 Å². The van der Waals surface area contributed by atoms with Gasteiger partial charge in [-0.1, -0.05) is 24.3 Å². The van der Waals surface area contributed by atoms with Gasteiger partial charge in [-0.15, -0.1) is 11.8 Å². The quantitative estimate of drug-likeness (QED) is 0.851. The van der Waals surface area contributed by atoms with Gasteiger partial charge >= 0.3 is 0 Å². The van der Waals surface area contributed by atoms with Crippen molar-refractivity contribution in [3.8, 4) is 0 Å². The molecule has 4 heteroatoms. The number of amides is 1. The van der Waals surface area contributed by atoms with Crippen LogP contribution < -0.4 is 5.32 Å². The summed E-state index contributed by atoms with van der Waals surface area (Å²) >= 11 is 1.67. The van der Waals surface area contributed by atoms with E-state index in [1.165, 1.54) is 11.0 Å². The van der Waals surface area contributed by atoms with Crippen LogP contribution in [0.25, 0.3) is 0 Å². The fourth-order valence-corrected chi connectivity index (χ4v) is 2.48. The van der Waals surface area contributed by atoms with Gasteiger partial charge in [0, 0.05) is 4.90 Å². The first-order chi connectivity index (χ1) is 10.0. The summed E-state index contributed by atoms with van der Waals surface area (Å²) < 4.78 is 13.9. The maximum Gasteiger partial charge on any atom is 0.254 e. The molecule has 21 heavy (non-hydrogen) atoms. The van der Waals surface area contributed by atoms with E-state index in [1.54, 1.807) is 30.8 Å². The molecule has 2 aromatic carbocycles. The Morgan fingerprint density at radius 1 is 1.19 bits per heavy atom. The van der Waals surface area contributed by atoms with Crippen LogP contribution in [0.3, 0.4) is 0 Å². The Morgan fingerprint density at radius 3 is 2.48 bits per heavy atom. The molecule has 1 unspecified atom stereocenters. The summed E-state index contributed by atoms with van der Waals surface area (Å²) in [7, 11) is 0. The molecule has 1 amide bonds. The van der Waals surface area contributed by atoms with Crippen LogP contribution in [0.1, 0.15) is 34.5 Å². The van der Waals surface area contributed by atoms with Crippen LogP contribution in [0.4, 0.5) is 4.39 Å². The normalized spacial score (nSPS) is 12.0. The monoisotopic (exact) mass is 303 g/mol. The second-order valence-electron chi connectivity index (χ2n) is 4.90. The van der Waals surface area contributed by atoms with Crippen LogP contribution in [0.15, 0.2) is 47.4 Å². The smallest absolute Gasteiger partial charge is 0.254 e. The van der Waals surface area contributed by atoms with Gasteiger partial charge in [-0.05, 0) is 49.4 Å². The van der Waals surface area contributed by atoms with E-state index < -0.39 is 11.7 Å². The largest absolute Gasteiger partial charge is 0.345 e. The molecule has 0 radical (unpaired) electrons. The minimum atomic E-state index is -0.458. The number of benzene rings is 2. The molecular formula is C17H18FNOS. The summed E-state index contributed by atoms with van der Waals surface area (Å²) in [5, 5.41) is 2.83. The summed E-state index contributed by atoms with van der Waals surface area (Å²) in [6, 6.07) is 12.6. The molecule has 2 rings (SSSR count). The van der Waals surface area contributed by atoms with Gasteiger partial charge in [0.2, 0.25) is 0 Å². The van der Waals surface area contributed by atoms with Crippen molar-refractivity contribution < 1.29 is 9.18 Å². The molecule has 1 N–H and O–H groups in total. The predicted molar refractivity (Wildman–Crippen MR) is 85.2 cm³/mol. The average molecular weight is 303 g/mol. The second kappa shape index (κ2) is 6.76. The van der Waals surface area contributed by atoms with E-state index in [0.29, 0.717) is 5.56 Å². The third-order valence-corrected chi connectivity index (χ3v) is 4.14. The summed E-state index contributed by atoms with van der Waals surface area (Å²) in [6.45, 7) is 3.54. The van der Waals surface area contributed by atoms with E-state index in [0.717, 1.165) is 5.56 Å². The Morgan fingerprint density at radius 2 is 1.86 bits per heavy atom. The van der Waals surface area contributed by atoms with Gasteiger partial charge in [0.05, 0.1) is 11.6 Å².